The number of nitrogens with zero attached hydrogens (tertiary/aromatic N) is 5. The van der Waals surface area contributed by atoms with Crippen LogP contribution in [0.5, 0.6) is 0 Å². The molecule has 0 amide bonds. The molecule has 2 aromatic heterocycles. The molecule has 154 valence electrons. The average molecular weight is 404 g/mol. The number of aliphatic imine (C=N–C) groups is 1. The molecule has 2 aromatic rings. The Balaban J connectivity index is 1.47. The molecule has 0 aliphatic carbocycles. The van der Waals surface area contributed by atoms with E-state index in [4.69, 9.17) is 0 Å². The lowest BCUT2D eigenvalue weighted by Crippen LogP contribution is -2.37. The van der Waals surface area contributed by atoms with Gasteiger partial charge in [0.25, 0.3) is 0 Å². The van der Waals surface area contributed by atoms with Crippen molar-refractivity contribution >= 4 is 17.3 Å². The Morgan fingerprint density at radius 2 is 2.14 bits per heavy atom. The van der Waals surface area contributed by atoms with E-state index >= 15 is 0 Å². The van der Waals surface area contributed by atoms with Crippen LogP contribution in [-0.2, 0) is 25.9 Å². The van der Waals surface area contributed by atoms with Crippen molar-refractivity contribution < 1.29 is 0 Å². The number of fused-ring (bicyclic) bond motifs is 1. The second-order valence-corrected chi connectivity index (χ2v) is 8.48. The summed E-state index contributed by atoms with van der Waals surface area (Å²) in [6, 6.07) is 0. The lowest BCUT2D eigenvalue weighted by molar-refractivity contribution is 0.594. The molecule has 0 radical (unpaired) electrons. The summed E-state index contributed by atoms with van der Waals surface area (Å²) in [5.41, 5.74) is 1.15. The molecular weight excluding hydrogens is 370 g/mol. The third-order valence-corrected chi connectivity index (χ3v) is 5.79. The van der Waals surface area contributed by atoms with E-state index in [0.717, 1.165) is 61.4 Å². The highest BCUT2D eigenvalue weighted by Crippen LogP contribution is 2.18. The van der Waals surface area contributed by atoms with Gasteiger partial charge < -0.3 is 15.2 Å². The van der Waals surface area contributed by atoms with Crippen molar-refractivity contribution in [1.29, 1.82) is 0 Å². The van der Waals surface area contributed by atoms with E-state index in [1.54, 1.807) is 11.3 Å². The fraction of sp³-hybridized carbons (Fsp3) is 0.700. The van der Waals surface area contributed by atoms with E-state index in [1.165, 1.54) is 25.1 Å². The van der Waals surface area contributed by atoms with Gasteiger partial charge in [0, 0.05) is 37.9 Å². The molecule has 0 atom stereocenters. The largest absolute Gasteiger partial charge is 0.357 e. The maximum Gasteiger partial charge on any atom is 0.191 e. The Kier molecular flexibility index (Phi) is 7.82. The lowest BCUT2D eigenvalue weighted by Gasteiger charge is -2.11. The van der Waals surface area contributed by atoms with Gasteiger partial charge in [0.05, 0.1) is 12.2 Å². The minimum absolute atomic E-state index is 0.465. The number of aromatic nitrogens is 4. The minimum atomic E-state index is 0.465. The van der Waals surface area contributed by atoms with Gasteiger partial charge in [-0.15, -0.1) is 21.5 Å². The number of nitrogens with one attached hydrogen (secondary N) is 2. The second-order valence-electron chi connectivity index (χ2n) is 7.54. The summed E-state index contributed by atoms with van der Waals surface area (Å²) in [6.07, 6.45) is 6.80. The van der Waals surface area contributed by atoms with E-state index in [2.05, 4.69) is 61.5 Å². The van der Waals surface area contributed by atoms with Crippen LogP contribution in [0.2, 0.25) is 0 Å². The maximum absolute atomic E-state index is 4.68. The van der Waals surface area contributed by atoms with Crippen LogP contribution in [0.3, 0.4) is 0 Å². The highest BCUT2D eigenvalue weighted by atomic mass is 32.1. The molecule has 0 saturated carbocycles. The van der Waals surface area contributed by atoms with Crippen molar-refractivity contribution in [3.05, 3.63) is 27.7 Å². The molecule has 28 heavy (non-hydrogen) atoms. The monoisotopic (exact) mass is 403 g/mol. The highest BCUT2D eigenvalue weighted by Gasteiger charge is 2.14. The second kappa shape index (κ2) is 10.5. The third-order valence-electron chi connectivity index (χ3n) is 4.93. The summed E-state index contributed by atoms with van der Waals surface area (Å²) in [5.74, 6) is 3.61. The molecule has 7 nitrogen and oxygen atoms in total. The van der Waals surface area contributed by atoms with E-state index < -0.39 is 0 Å². The van der Waals surface area contributed by atoms with Gasteiger partial charge >= 0.3 is 0 Å². The van der Waals surface area contributed by atoms with Gasteiger partial charge in [0.15, 0.2) is 5.96 Å². The lowest BCUT2D eigenvalue weighted by atomic mass is 10.2. The predicted octanol–water partition coefficient (Wildman–Crippen LogP) is 3.27. The SMILES string of the molecule is CCNC(=NCc1nc(C(C)C)cs1)NCCCc1nnc2n1CCCCC2. The molecule has 0 aromatic carbocycles. The number of aryl methyl sites for hydroxylation is 2. The molecule has 3 heterocycles. The number of thiazole rings is 1. The zero-order valence-corrected chi connectivity index (χ0v) is 18.2. The summed E-state index contributed by atoms with van der Waals surface area (Å²) in [6.45, 7) is 9.82. The summed E-state index contributed by atoms with van der Waals surface area (Å²) in [5, 5.41) is 18.8. The van der Waals surface area contributed by atoms with Gasteiger partial charge in [-0.3, -0.25) is 0 Å². The van der Waals surface area contributed by atoms with Crippen LogP contribution in [0.15, 0.2) is 10.4 Å². The molecule has 0 fully saturated rings. The molecular formula is C20H33N7S. The fourth-order valence-corrected chi connectivity index (χ4v) is 4.21. The van der Waals surface area contributed by atoms with Crippen LogP contribution >= 0.6 is 11.3 Å². The van der Waals surface area contributed by atoms with Gasteiger partial charge in [-0.2, -0.15) is 0 Å². The minimum Gasteiger partial charge on any atom is -0.357 e. The van der Waals surface area contributed by atoms with Crippen LogP contribution in [0, 0.1) is 0 Å². The Hall–Kier alpha value is -1.96. The van der Waals surface area contributed by atoms with Gasteiger partial charge in [-0.05, 0) is 32.1 Å². The number of hydrogen-bond donors (Lipinski definition) is 2. The van der Waals surface area contributed by atoms with Crippen LogP contribution in [0.4, 0.5) is 0 Å². The van der Waals surface area contributed by atoms with Crippen molar-refractivity contribution in [2.24, 2.45) is 4.99 Å². The molecule has 8 heteroatoms. The first-order valence-corrected chi connectivity index (χ1v) is 11.4. The zero-order chi connectivity index (χ0) is 19.8. The Bertz CT molecular complexity index is 762. The first kappa shape index (κ1) is 20.8. The standard InChI is InChI=1S/C20H33N7S/c1-4-21-20(23-13-19-24-16(14-28-19)15(2)3)22-11-8-10-18-26-25-17-9-6-5-7-12-27(17)18/h14-15H,4-13H2,1-3H3,(H2,21,22,23). The maximum atomic E-state index is 4.68. The topological polar surface area (TPSA) is 80.0 Å². The summed E-state index contributed by atoms with van der Waals surface area (Å²) in [7, 11) is 0. The molecule has 3 rings (SSSR count). The molecule has 2 N–H and O–H groups in total. The fourth-order valence-electron chi connectivity index (χ4n) is 3.33. The quantitative estimate of drug-likeness (QED) is 0.402. The Morgan fingerprint density at radius 3 is 2.93 bits per heavy atom. The van der Waals surface area contributed by atoms with Crippen molar-refractivity contribution in [1.82, 2.24) is 30.4 Å². The highest BCUT2D eigenvalue weighted by molar-refractivity contribution is 7.09. The summed E-state index contributed by atoms with van der Waals surface area (Å²) < 4.78 is 2.33. The molecule has 1 aliphatic heterocycles. The zero-order valence-electron chi connectivity index (χ0n) is 17.4. The summed E-state index contributed by atoms with van der Waals surface area (Å²) >= 11 is 1.69. The van der Waals surface area contributed by atoms with Gasteiger partial charge in [-0.1, -0.05) is 20.3 Å². The molecule has 0 spiro atoms. The van der Waals surface area contributed by atoms with Crippen molar-refractivity contribution in [2.75, 3.05) is 13.1 Å². The third kappa shape index (κ3) is 5.77. The average Bonchev–Trinajstić information content (AvgIpc) is 3.24. The predicted molar refractivity (Wildman–Crippen MR) is 115 cm³/mol. The Morgan fingerprint density at radius 1 is 1.25 bits per heavy atom. The van der Waals surface area contributed by atoms with Crippen LogP contribution in [0.1, 0.15) is 74.7 Å². The van der Waals surface area contributed by atoms with Crippen molar-refractivity contribution in [2.45, 2.75) is 78.3 Å². The number of guanidine groups is 1. The van der Waals surface area contributed by atoms with Crippen molar-refractivity contribution in [3.8, 4) is 0 Å². The van der Waals surface area contributed by atoms with Gasteiger partial charge in [0.2, 0.25) is 0 Å². The van der Waals surface area contributed by atoms with Crippen LogP contribution in [-0.4, -0.2) is 38.8 Å². The first-order chi connectivity index (χ1) is 13.7. The molecule has 0 unspecified atom stereocenters. The van der Waals surface area contributed by atoms with E-state index in [9.17, 15) is 0 Å². The number of hydrogen-bond acceptors (Lipinski definition) is 5. The first-order valence-electron chi connectivity index (χ1n) is 10.5. The summed E-state index contributed by atoms with van der Waals surface area (Å²) in [4.78, 5) is 9.34. The van der Waals surface area contributed by atoms with Crippen LogP contribution < -0.4 is 10.6 Å². The molecule has 0 bridgehead atoms. The molecule has 0 saturated heterocycles. The van der Waals surface area contributed by atoms with Crippen LogP contribution in [0.25, 0.3) is 0 Å². The van der Waals surface area contributed by atoms with Crippen molar-refractivity contribution in [3.63, 3.8) is 0 Å². The smallest absolute Gasteiger partial charge is 0.191 e. The van der Waals surface area contributed by atoms with E-state index in [-0.39, 0.29) is 0 Å². The number of rotatable bonds is 8. The van der Waals surface area contributed by atoms with E-state index in [1.807, 2.05) is 0 Å². The van der Waals surface area contributed by atoms with Gasteiger partial charge in [-0.25, -0.2) is 9.98 Å². The Labute approximate surface area is 172 Å². The van der Waals surface area contributed by atoms with E-state index in [0.29, 0.717) is 12.5 Å². The van der Waals surface area contributed by atoms with Gasteiger partial charge in [0.1, 0.15) is 16.7 Å². The molecule has 1 aliphatic rings. The normalized spacial score (nSPS) is 14.8.